The van der Waals surface area contributed by atoms with Crippen LogP contribution in [0.4, 0.5) is 0 Å². The van der Waals surface area contributed by atoms with Crippen molar-refractivity contribution < 1.29 is 14.3 Å². The molecule has 8 heteroatoms. The highest BCUT2D eigenvalue weighted by Crippen LogP contribution is 2.11. The lowest BCUT2D eigenvalue weighted by molar-refractivity contribution is 0.0526. The van der Waals surface area contributed by atoms with Gasteiger partial charge in [0.15, 0.2) is 0 Å². The number of nitrogens with zero attached hydrogens (tertiary/aromatic N) is 3. The molecule has 0 fully saturated rings. The quantitative estimate of drug-likeness (QED) is 0.805. The molecule has 2 heterocycles. The van der Waals surface area contributed by atoms with Crippen LogP contribution < -0.4 is 5.32 Å². The predicted octanol–water partition coefficient (Wildman–Crippen LogP) is 1.03. The summed E-state index contributed by atoms with van der Waals surface area (Å²) < 4.78 is 6.73. The van der Waals surface area contributed by atoms with E-state index in [0.717, 1.165) is 17.2 Å². The first-order valence-electron chi connectivity index (χ1n) is 6.49. The first-order valence-corrected chi connectivity index (χ1v) is 7.36. The Balaban J connectivity index is 1.86. The molecule has 2 aromatic heterocycles. The van der Waals surface area contributed by atoms with Gasteiger partial charge in [0.25, 0.3) is 5.91 Å². The van der Waals surface area contributed by atoms with Crippen LogP contribution in [0.2, 0.25) is 0 Å². The molecule has 0 aliphatic rings. The largest absolute Gasteiger partial charge is 0.461 e. The van der Waals surface area contributed by atoms with Crippen LogP contribution in [-0.4, -0.2) is 39.6 Å². The Bertz CT molecular complexity index is 635. The highest BCUT2D eigenvalue weighted by molar-refractivity contribution is 7.11. The van der Waals surface area contributed by atoms with Crippen molar-refractivity contribution in [3.8, 4) is 0 Å². The molecule has 0 aromatic carbocycles. The molecule has 1 amide bonds. The van der Waals surface area contributed by atoms with Gasteiger partial charge in [-0.2, -0.15) is 0 Å². The zero-order valence-electron chi connectivity index (χ0n) is 11.8. The minimum absolute atomic E-state index is 0.186. The van der Waals surface area contributed by atoms with Crippen molar-refractivity contribution in [1.82, 2.24) is 19.9 Å². The zero-order valence-corrected chi connectivity index (χ0v) is 12.6. The van der Waals surface area contributed by atoms with Gasteiger partial charge in [0.2, 0.25) is 5.01 Å². The van der Waals surface area contributed by atoms with E-state index in [1.165, 1.54) is 0 Å². The van der Waals surface area contributed by atoms with Crippen molar-refractivity contribution in [3.05, 3.63) is 34.3 Å². The Labute approximate surface area is 126 Å². The summed E-state index contributed by atoms with van der Waals surface area (Å²) in [6, 6.07) is 0. The molecule has 2 aromatic rings. The third-order valence-electron chi connectivity index (χ3n) is 2.74. The van der Waals surface area contributed by atoms with Gasteiger partial charge in [0.05, 0.1) is 6.61 Å². The van der Waals surface area contributed by atoms with Gasteiger partial charge in [-0.3, -0.25) is 4.79 Å². The average molecular weight is 308 g/mol. The van der Waals surface area contributed by atoms with Crippen molar-refractivity contribution in [2.45, 2.75) is 13.3 Å². The zero-order chi connectivity index (χ0) is 15.2. The van der Waals surface area contributed by atoms with Crippen LogP contribution in [0, 0.1) is 0 Å². The van der Waals surface area contributed by atoms with Gasteiger partial charge >= 0.3 is 5.97 Å². The van der Waals surface area contributed by atoms with Crippen molar-refractivity contribution >= 4 is 23.2 Å². The average Bonchev–Trinajstić information content (AvgIpc) is 3.09. The van der Waals surface area contributed by atoms with Crippen LogP contribution >= 0.6 is 11.3 Å². The minimum atomic E-state index is -0.505. The molecule has 0 bridgehead atoms. The Hall–Kier alpha value is -2.22. The molecule has 2 rings (SSSR count). The molecule has 0 unspecified atom stereocenters. The van der Waals surface area contributed by atoms with Crippen LogP contribution in [0.3, 0.4) is 0 Å². The van der Waals surface area contributed by atoms with E-state index in [1.54, 1.807) is 18.5 Å². The molecule has 0 aliphatic carbocycles. The maximum absolute atomic E-state index is 11.9. The number of thiazole rings is 1. The number of ether oxygens (including phenoxy) is 1. The van der Waals surface area contributed by atoms with E-state index in [-0.39, 0.29) is 23.2 Å². The summed E-state index contributed by atoms with van der Waals surface area (Å²) >= 11 is 1.10. The number of nitrogens with one attached hydrogen (secondary N) is 1. The number of rotatable bonds is 6. The molecule has 112 valence electrons. The minimum Gasteiger partial charge on any atom is -0.461 e. The maximum atomic E-state index is 11.9. The van der Waals surface area contributed by atoms with E-state index in [9.17, 15) is 9.59 Å². The number of hydrogen-bond donors (Lipinski definition) is 1. The number of imidazole rings is 1. The van der Waals surface area contributed by atoms with Crippen LogP contribution in [0.1, 0.15) is 33.0 Å². The van der Waals surface area contributed by atoms with E-state index in [0.29, 0.717) is 13.0 Å². The SMILES string of the molecule is CCOC(=O)c1nc(C(=O)NCCc2nccn2C)cs1. The first-order chi connectivity index (χ1) is 10.1. The van der Waals surface area contributed by atoms with Crippen molar-refractivity contribution in [2.75, 3.05) is 13.2 Å². The Morgan fingerprint density at radius 3 is 2.95 bits per heavy atom. The molecule has 0 spiro atoms. The fraction of sp³-hybridized carbons (Fsp3) is 0.385. The van der Waals surface area contributed by atoms with Crippen molar-refractivity contribution in [1.29, 1.82) is 0 Å². The second kappa shape index (κ2) is 6.98. The standard InChI is InChI=1S/C13H16N4O3S/c1-3-20-13(19)12-16-9(8-21-12)11(18)15-5-4-10-14-6-7-17(10)2/h6-8H,3-5H2,1-2H3,(H,15,18). The normalized spacial score (nSPS) is 10.4. The lowest BCUT2D eigenvalue weighted by Gasteiger charge is -2.03. The second-order valence-electron chi connectivity index (χ2n) is 4.22. The van der Waals surface area contributed by atoms with Gasteiger partial charge in [0.1, 0.15) is 11.5 Å². The van der Waals surface area contributed by atoms with E-state index >= 15 is 0 Å². The van der Waals surface area contributed by atoms with E-state index in [2.05, 4.69) is 15.3 Å². The smallest absolute Gasteiger partial charge is 0.367 e. The van der Waals surface area contributed by atoms with Gasteiger partial charge in [-0.1, -0.05) is 0 Å². The number of esters is 1. The second-order valence-corrected chi connectivity index (χ2v) is 5.08. The molecule has 7 nitrogen and oxygen atoms in total. The van der Waals surface area contributed by atoms with Gasteiger partial charge in [0, 0.05) is 37.8 Å². The van der Waals surface area contributed by atoms with Gasteiger partial charge in [-0.05, 0) is 6.92 Å². The van der Waals surface area contributed by atoms with Gasteiger partial charge < -0.3 is 14.6 Å². The summed E-state index contributed by atoms with van der Waals surface area (Å²) in [7, 11) is 1.90. The summed E-state index contributed by atoms with van der Waals surface area (Å²) in [5.74, 6) is 0.0753. The molecule has 0 atom stereocenters. The first kappa shape index (κ1) is 15.2. The van der Waals surface area contributed by atoms with Crippen LogP contribution in [-0.2, 0) is 18.2 Å². The highest BCUT2D eigenvalue weighted by Gasteiger charge is 2.16. The Kier molecular flexibility index (Phi) is 5.04. The molecule has 21 heavy (non-hydrogen) atoms. The third kappa shape index (κ3) is 3.88. The number of hydrogen-bond acceptors (Lipinski definition) is 6. The number of carbonyl (C=O) groups excluding carboxylic acids is 2. The fourth-order valence-electron chi connectivity index (χ4n) is 1.68. The van der Waals surface area contributed by atoms with E-state index in [1.807, 2.05) is 17.8 Å². The maximum Gasteiger partial charge on any atom is 0.367 e. The van der Waals surface area contributed by atoms with Crippen molar-refractivity contribution in [2.24, 2.45) is 7.05 Å². The number of aromatic nitrogens is 3. The van der Waals surface area contributed by atoms with Crippen molar-refractivity contribution in [3.63, 3.8) is 0 Å². The lowest BCUT2D eigenvalue weighted by Crippen LogP contribution is -2.26. The fourth-order valence-corrected chi connectivity index (χ4v) is 2.37. The van der Waals surface area contributed by atoms with Crippen LogP contribution in [0.15, 0.2) is 17.8 Å². The summed E-state index contributed by atoms with van der Waals surface area (Å²) in [4.78, 5) is 31.5. The Morgan fingerprint density at radius 2 is 2.29 bits per heavy atom. The highest BCUT2D eigenvalue weighted by atomic mass is 32.1. The molecule has 0 saturated heterocycles. The molecule has 0 aliphatic heterocycles. The van der Waals surface area contributed by atoms with Crippen LogP contribution in [0.5, 0.6) is 0 Å². The number of aryl methyl sites for hydroxylation is 1. The summed E-state index contributed by atoms with van der Waals surface area (Å²) in [6.45, 7) is 2.45. The monoisotopic (exact) mass is 308 g/mol. The Morgan fingerprint density at radius 1 is 1.48 bits per heavy atom. The predicted molar refractivity (Wildman–Crippen MR) is 77.3 cm³/mol. The lowest BCUT2D eigenvalue weighted by atomic mass is 10.3. The van der Waals surface area contributed by atoms with Crippen LogP contribution in [0.25, 0.3) is 0 Å². The van der Waals surface area contributed by atoms with E-state index < -0.39 is 5.97 Å². The summed E-state index contributed by atoms with van der Waals surface area (Å²) in [5, 5.41) is 4.48. The topological polar surface area (TPSA) is 86.1 Å². The van der Waals surface area contributed by atoms with Gasteiger partial charge in [-0.15, -0.1) is 11.3 Å². The van der Waals surface area contributed by atoms with E-state index in [4.69, 9.17) is 4.74 Å². The van der Waals surface area contributed by atoms with Gasteiger partial charge in [-0.25, -0.2) is 14.8 Å². The summed E-state index contributed by atoms with van der Waals surface area (Å²) in [6.07, 6.45) is 4.19. The number of carbonyl (C=O) groups is 2. The number of amides is 1. The molecule has 1 N–H and O–H groups in total. The molecule has 0 saturated carbocycles. The third-order valence-corrected chi connectivity index (χ3v) is 3.56. The molecule has 0 radical (unpaired) electrons. The molecular formula is C13H16N4O3S. The summed E-state index contributed by atoms with van der Waals surface area (Å²) in [5.41, 5.74) is 0.225. The molecular weight excluding hydrogens is 292 g/mol.